The van der Waals surface area contributed by atoms with Gasteiger partial charge in [-0.15, -0.1) is 11.3 Å². The van der Waals surface area contributed by atoms with Crippen LogP contribution in [-0.2, 0) is 4.79 Å². The number of nitrogens with zero attached hydrogens (tertiary/aromatic N) is 2. The zero-order valence-corrected chi connectivity index (χ0v) is 14.3. The summed E-state index contributed by atoms with van der Waals surface area (Å²) in [4.78, 5) is 26.6. The fraction of sp³-hybridized carbons (Fsp3) is 0.438. The average molecular weight is 349 g/mol. The van der Waals surface area contributed by atoms with Crippen LogP contribution in [0.1, 0.15) is 42.5 Å². The highest BCUT2D eigenvalue weighted by Gasteiger charge is 2.34. The molecule has 8 heteroatoms. The van der Waals surface area contributed by atoms with Crippen molar-refractivity contribution < 1.29 is 19.2 Å². The molecule has 1 aliphatic heterocycles. The predicted molar refractivity (Wildman–Crippen MR) is 88.6 cm³/mol. The smallest absolute Gasteiger partial charge is 0.259 e. The molecule has 2 N–H and O–H groups in total. The van der Waals surface area contributed by atoms with Crippen molar-refractivity contribution in [3.05, 3.63) is 28.8 Å². The Hall–Kier alpha value is -2.19. The van der Waals surface area contributed by atoms with E-state index in [0.717, 1.165) is 4.88 Å². The van der Waals surface area contributed by atoms with Crippen LogP contribution < -0.4 is 5.32 Å². The van der Waals surface area contributed by atoms with Crippen LogP contribution in [0.2, 0.25) is 0 Å². The third-order valence-corrected chi connectivity index (χ3v) is 4.83. The van der Waals surface area contributed by atoms with Gasteiger partial charge in [0.15, 0.2) is 5.76 Å². The summed E-state index contributed by atoms with van der Waals surface area (Å²) in [5.74, 6) is -0.169. The molecule has 7 nitrogen and oxygen atoms in total. The summed E-state index contributed by atoms with van der Waals surface area (Å²) in [6, 6.07) is 3.68. The number of carbonyl (C=O) groups is 2. The van der Waals surface area contributed by atoms with Crippen molar-refractivity contribution in [1.29, 1.82) is 0 Å². The fourth-order valence-electron chi connectivity index (χ4n) is 2.88. The van der Waals surface area contributed by atoms with E-state index in [4.69, 9.17) is 4.52 Å². The molecule has 3 rings (SSSR count). The van der Waals surface area contributed by atoms with Crippen LogP contribution in [0, 0.1) is 0 Å². The van der Waals surface area contributed by atoms with Crippen LogP contribution >= 0.6 is 11.3 Å². The Kier molecular flexibility index (Phi) is 4.68. The minimum absolute atomic E-state index is 0.0495. The topological polar surface area (TPSA) is 95.7 Å². The molecule has 2 aromatic rings. The second kappa shape index (κ2) is 6.74. The molecule has 1 fully saturated rings. The highest BCUT2D eigenvalue weighted by molar-refractivity contribution is 7.13. The summed E-state index contributed by atoms with van der Waals surface area (Å²) < 4.78 is 5.24. The summed E-state index contributed by atoms with van der Waals surface area (Å²) in [5, 5.41) is 18.6. The van der Waals surface area contributed by atoms with Gasteiger partial charge in [-0.3, -0.25) is 9.59 Å². The summed E-state index contributed by atoms with van der Waals surface area (Å²) in [6.07, 6.45) is -0.228. The molecule has 0 radical (unpaired) electrons. The number of hydrogen-bond acceptors (Lipinski definition) is 6. The molecular weight excluding hydrogens is 330 g/mol. The van der Waals surface area contributed by atoms with E-state index in [1.165, 1.54) is 18.3 Å². The minimum Gasteiger partial charge on any atom is -0.385 e. The van der Waals surface area contributed by atoms with Crippen LogP contribution in [-0.4, -0.2) is 46.1 Å². The zero-order valence-electron chi connectivity index (χ0n) is 13.5. The Balaban J connectivity index is 1.89. The quantitative estimate of drug-likeness (QED) is 0.878. The van der Waals surface area contributed by atoms with Gasteiger partial charge in [0.1, 0.15) is 17.4 Å². The lowest BCUT2D eigenvalue weighted by atomic mass is 10.1. The highest BCUT2D eigenvalue weighted by Crippen LogP contribution is 2.33. The first kappa shape index (κ1) is 16.7. The molecule has 24 heavy (non-hydrogen) atoms. The number of amides is 2. The maximum Gasteiger partial charge on any atom is 0.259 e. The third-order valence-electron chi connectivity index (χ3n) is 3.95. The molecule has 3 heterocycles. The van der Waals surface area contributed by atoms with E-state index in [0.29, 0.717) is 30.8 Å². The predicted octanol–water partition coefficient (Wildman–Crippen LogP) is 1.81. The Morgan fingerprint density at radius 2 is 2.33 bits per heavy atom. The molecule has 0 aromatic carbocycles. The number of hydrogen-bond donors (Lipinski definition) is 2. The largest absolute Gasteiger partial charge is 0.385 e. The number of rotatable bonds is 4. The second-order valence-corrected chi connectivity index (χ2v) is 6.81. The second-order valence-electron chi connectivity index (χ2n) is 5.86. The summed E-state index contributed by atoms with van der Waals surface area (Å²) in [7, 11) is 0. The lowest BCUT2D eigenvalue weighted by molar-refractivity contribution is -0.119. The van der Waals surface area contributed by atoms with Gasteiger partial charge in [-0.25, -0.2) is 0 Å². The van der Waals surface area contributed by atoms with Gasteiger partial charge in [0.2, 0.25) is 5.91 Å². The van der Waals surface area contributed by atoms with Crippen molar-refractivity contribution in [1.82, 2.24) is 15.4 Å². The van der Waals surface area contributed by atoms with E-state index in [-0.39, 0.29) is 23.6 Å². The van der Waals surface area contributed by atoms with Gasteiger partial charge >= 0.3 is 0 Å². The zero-order chi connectivity index (χ0) is 17.3. The molecule has 2 amide bonds. The Bertz CT molecular complexity index is 739. The summed E-state index contributed by atoms with van der Waals surface area (Å²) in [6.45, 7) is 3.98. The lowest BCUT2D eigenvalue weighted by Crippen LogP contribution is -2.37. The van der Waals surface area contributed by atoms with E-state index >= 15 is 0 Å². The number of aliphatic hydroxyl groups is 1. The first-order valence-electron chi connectivity index (χ1n) is 7.75. The van der Waals surface area contributed by atoms with Gasteiger partial charge in [0.05, 0.1) is 4.88 Å². The summed E-state index contributed by atoms with van der Waals surface area (Å²) >= 11 is 1.45. The van der Waals surface area contributed by atoms with E-state index < -0.39 is 6.10 Å². The van der Waals surface area contributed by atoms with Crippen LogP contribution in [0.15, 0.2) is 22.0 Å². The number of aliphatic hydroxyl groups excluding tert-OH is 1. The molecule has 0 saturated carbocycles. The average Bonchev–Trinajstić information content (AvgIpc) is 3.25. The van der Waals surface area contributed by atoms with E-state index in [1.807, 2.05) is 17.5 Å². The molecule has 0 spiro atoms. The highest BCUT2D eigenvalue weighted by atomic mass is 32.1. The van der Waals surface area contributed by atoms with E-state index in [9.17, 15) is 14.7 Å². The molecule has 2 aromatic heterocycles. The lowest BCUT2D eigenvalue weighted by Gasteiger charge is -2.17. The van der Waals surface area contributed by atoms with Crippen molar-refractivity contribution in [2.24, 2.45) is 0 Å². The first-order chi connectivity index (χ1) is 11.5. The molecule has 2 atom stereocenters. The van der Waals surface area contributed by atoms with Crippen molar-refractivity contribution in [3.8, 4) is 10.6 Å². The molecule has 2 unspecified atom stereocenters. The first-order valence-corrected chi connectivity index (χ1v) is 8.63. The molecule has 0 bridgehead atoms. The molecular formula is C16H19N3O4S. The number of carbonyl (C=O) groups excluding carboxylic acids is 2. The van der Waals surface area contributed by atoms with E-state index in [1.54, 1.807) is 11.8 Å². The van der Waals surface area contributed by atoms with Crippen molar-refractivity contribution in [2.45, 2.75) is 32.4 Å². The standard InChI is InChI=1S/C16H19N3O4S/c1-9(20)15-13(14(18-23-15)12-4-3-7-24-12)16(22)19-6-5-11(8-19)17-10(2)21/h3-4,7,9,11,20H,5-6,8H2,1-2H3,(H,17,21). The monoisotopic (exact) mass is 349 g/mol. The van der Waals surface area contributed by atoms with Crippen molar-refractivity contribution in [3.63, 3.8) is 0 Å². The molecule has 1 aliphatic rings. The van der Waals surface area contributed by atoms with Crippen LogP contribution in [0.5, 0.6) is 0 Å². The SMILES string of the molecule is CC(=O)NC1CCN(C(=O)c2c(-c3cccs3)noc2C(C)O)C1. The minimum atomic E-state index is -0.932. The van der Waals surface area contributed by atoms with Crippen molar-refractivity contribution >= 4 is 23.2 Å². The van der Waals surface area contributed by atoms with Crippen LogP contribution in [0.4, 0.5) is 0 Å². The van der Waals surface area contributed by atoms with Gasteiger partial charge in [0.25, 0.3) is 5.91 Å². The van der Waals surface area contributed by atoms with Gasteiger partial charge in [-0.05, 0) is 24.8 Å². The third kappa shape index (κ3) is 3.20. The fourth-order valence-corrected chi connectivity index (χ4v) is 3.60. The molecule has 128 valence electrons. The maximum absolute atomic E-state index is 13.0. The Labute approximate surface area is 143 Å². The number of nitrogens with one attached hydrogen (secondary N) is 1. The normalized spacial score (nSPS) is 18.6. The van der Waals surface area contributed by atoms with Gasteiger partial charge in [-0.2, -0.15) is 0 Å². The maximum atomic E-state index is 13.0. The number of aromatic nitrogens is 1. The Morgan fingerprint density at radius 3 is 2.96 bits per heavy atom. The number of likely N-dealkylation sites (tertiary alicyclic amines) is 1. The van der Waals surface area contributed by atoms with Crippen molar-refractivity contribution in [2.75, 3.05) is 13.1 Å². The Morgan fingerprint density at radius 1 is 1.54 bits per heavy atom. The van der Waals surface area contributed by atoms with Crippen LogP contribution in [0.3, 0.4) is 0 Å². The summed E-state index contributed by atoms with van der Waals surface area (Å²) in [5.41, 5.74) is 0.754. The van der Waals surface area contributed by atoms with Gasteiger partial charge in [-0.1, -0.05) is 11.2 Å². The molecule has 1 saturated heterocycles. The van der Waals surface area contributed by atoms with Crippen LogP contribution in [0.25, 0.3) is 10.6 Å². The molecule has 0 aliphatic carbocycles. The van der Waals surface area contributed by atoms with Gasteiger partial charge in [0, 0.05) is 26.1 Å². The number of thiophene rings is 1. The van der Waals surface area contributed by atoms with E-state index in [2.05, 4.69) is 10.5 Å². The van der Waals surface area contributed by atoms with Gasteiger partial charge < -0.3 is 19.8 Å².